The number of rotatable bonds is 21. The Balaban J connectivity index is 1.64. The average Bonchev–Trinajstić information content (AvgIpc) is 3.65. The molecule has 3 amide bonds. The Hall–Kier alpha value is -4.81. The van der Waals surface area contributed by atoms with Gasteiger partial charge in [-0.3, -0.25) is 28.9 Å². The van der Waals surface area contributed by atoms with Crippen LogP contribution in [0.2, 0.25) is 0 Å². The van der Waals surface area contributed by atoms with Crippen LogP contribution in [-0.2, 0) is 33.4 Å². The van der Waals surface area contributed by atoms with Crippen LogP contribution in [0.1, 0.15) is 132 Å². The molecular formula is C44H61N5O9S. The maximum absolute atomic E-state index is 14.8. The Morgan fingerprint density at radius 2 is 1.86 bits per heavy atom. The van der Waals surface area contributed by atoms with Crippen molar-refractivity contribution in [2.24, 2.45) is 17.8 Å². The minimum absolute atomic E-state index is 0.0471. The number of phenols is 1. The van der Waals surface area contributed by atoms with Crippen LogP contribution in [0, 0.1) is 30.1 Å². The number of nitrogens with zero attached hydrogens (tertiary/aromatic N) is 3. The van der Waals surface area contributed by atoms with Gasteiger partial charge in [-0.05, 0) is 75.2 Å². The molecule has 2 aromatic rings. The second-order valence-corrected chi connectivity index (χ2v) is 17.2. The topological polar surface area (TPSA) is 185 Å². The molecule has 1 aliphatic heterocycles. The minimum Gasteiger partial charge on any atom is -0.508 e. The van der Waals surface area contributed by atoms with Gasteiger partial charge < -0.3 is 34.9 Å². The number of hydrogen-bond acceptors (Lipinski definition) is 12. The number of ether oxygens (including phenoxy) is 2. The summed E-state index contributed by atoms with van der Waals surface area (Å²) >= 11 is 1.12. The van der Waals surface area contributed by atoms with Crippen molar-refractivity contribution in [3.8, 4) is 18.1 Å². The molecule has 4 rings (SSSR count). The Bertz CT molecular complexity index is 1830. The number of aldehydes is 1. The summed E-state index contributed by atoms with van der Waals surface area (Å²) in [4.78, 5) is 87.6. The molecule has 15 heteroatoms. The SMILES string of the molecule is C#C[C@H](C=O)CC1(NC(=O)c2csc([C@@H](C[C@H](C(C)C)N(COC(=O)CCC)C(=O)C(NC(=O)[C@H]3CCCCN3C)[C@@H](C)CC)OC(C)=O)n2)CC1c1ccc(O)cc1. The molecule has 1 aromatic carbocycles. The third-order valence-corrected chi connectivity index (χ3v) is 12.5. The molecule has 0 bridgehead atoms. The van der Waals surface area contributed by atoms with Crippen LogP contribution < -0.4 is 10.6 Å². The number of likely N-dealkylation sites (N-methyl/N-ethyl adjacent to an activating group) is 1. The average molecular weight is 836 g/mol. The van der Waals surface area contributed by atoms with Crippen LogP contribution in [0.25, 0.3) is 0 Å². The van der Waals surface area contributed by atoms with Gasteiger partial charge in [0.1, 0.15) is 28.8 Å². The van der Waals surface area contributed by atoms with Crippen molar-refractivity contribution in [2.75, 3.05) is 20.3 Å². The summed E-state index contributed by atoms with van der Waals surface area (Å²) in [5.74, 6) is -1.07. The predicted octanol–water partition coefficient (Wildman–Crippen LogP) is 5.51. The quantitative estimate of drug-likeness (QED) is 0.0624. The molecule has 59 heavy (non-hydrogen) atoms. The summed E-state index contributed by atoms with van der Waals surface area (Å²) in [6.07, 6.45) is 9.96. The zero-order valence-electron chi connectivity index (χ0n) is 35.4. The molecule has 1 aliphatic carbocycles. The predicted molar refractivity (Wildman–Crippen MR) is 223 cm³/mol. The van der Waals surface area contributed by atoms with Crippen molar-refractivity contribution >= 4 is 47.3 Å². The highest BCUT2D eigenvalue weighted by molar-refractivity contribution is 7.09. The Labute approximate surface area is 352 Å². The third kappa shape index (κ3) is 12.4. The first-order valence-electron chi connectivity index (χ1n) is 20.7. The largest absolute Gasteiger partial charge is 0.508 e. The number of terminal acetylenes is 1. The minimum atomic E-state index is -0.999. The van der Waals surface area contributed by atoms with Gasteiger partial charge in [-0.15, -0.1) is 17.8 Å². The van der Waals surface area contributed by atoms with E-state index in [9.17, 15) is 33.9 Å². The van der Waals surface area contributed by atoms with E-state index in [0.29, 0.717) is 37.0 Å². The van der Waals surface area contributed by atoms with Gasteiger partial charge in [0.05, 0.1) is 12.0 Å². The molecule has 2 aliphatic rings. The van der Waals surface area contributed by atoms with Crippen molar-refractivity contribution in [2.45, 2.75) is 135 Å². The number of carbonyl (C=O) groups is 6. The lowest BCUT2D eigenvalue weighted by Gasteiger charge is -2.39. The number of carbonyl (C=O) groups excluding carboxylic acids is 6. The Kier molecular flexibility index (Phi) is 17.0. The van der Waals surface area contributed by atoms with Gasteiger partial charge >= 0.3 is 11.9 Å². The second-order valence-electron chi connectivity index (χ2n) is 16.4. The highest BCUT2D eigenvalue weighted by Crippen LogP contribution is 2.55. The fourth-order valence-electron chi connectivity index (χ4n) is 7.87. The van der Waals surface area contributed by atoms with E-state index in [1.54, 1.807) is 29.6 Å². The summed E-state index contributed by atoms with van der Waals surface area (Å²) in [6.45, 7) is 11.2. The summed E-state index contributed by atoms with van der Waals surface area (Å²) < 4.78 is 11.5. The first-order valence-corrected chi connectivity index (χ1v) is 21.6. The molecule has 3 N–H and O–H groups in total. The van der Waals surface area contributed by atoms with E-state index < -0.39 is 53.4 Å². The highest BCUT2D eigenvalue weighted by Gasteiger charge is 2.56. The molecule has 8 atom stereocenters. The van der Waals surface area contributed by atoms with Crippen LogP contribution in [-0.4, -0.2) is 99.8 Å². The number of esters is 2. The summed E-state index contributed by atoms with van der Waals surface area (Å²) in [6, 6.07) is 4.68. The van der Waals surface area contributed by atoms with Gasteiger partial charge in [-0.2, -0.15) is 0 Å². The lowest BCUT2D eigenvalue weighted by molar-refractivity contribution is -0.160. The fourth-order valence-corrected chi connectivity index (χ4v) is 8.71. The van der Waals surface area contributed by atoms with Crippen molar-refractivity contribution in [1.82, 2.24) is 25.4 Å². The van der Waals surface area contributed by atoms with Crippen molar-refractivity contribution < 1.29 is 43.3 Å². The zero-order chi connectivity index (χ0) is 43.4. The lowest BCUT2D eigenvalue weighted by Crippen LogP contribution is -2.59. The number of aromatic nitrogens is 1. The third-order valence-electron chi connectivity index (χ3n) is 11.6. The molecule has 0 spiro atoms. The first kappa shape index (κ1) is 46.9. The van der Waals surface area contributed by atoms with Crippen molar-refractivity contribution in [3.63, 3.8) is 0 Å². The van der Waals surface area contributed by atoms with Gasteiger partial charge in [-0.1, -0.05) is 65.5 Å². The van der Waals surface area contributed by atoms with Gasteiger partial charge in [0.25, 0.3) is 5.91 Å². The molecule has 2 fully saturated rings. The number of aromatic hydroxyl groups is 1. The molecule has 1 saturated carbocycles. The number of nitrogens with one attached hydrogen (secondary N) is 2. The molecule has 3 unspecified atom stereocenters. The van der Waals surface area contributed by atoms with Crippen LogP contribution >= 0.6 is 11.3 Å². The number of hydrogen-bond donors (Lipinski definition) is 3. The van der Waals surface area contributed by atoms with Crippen LogP contribution in [0.4, 0.5) is 0 Å². The molecular weight excluding hydrogens is 775 g/mol. The van der Waals surface area contributed by atoms with Crippen LogP contribution in [0.3, 0.4) is 0 Å². The summed E-state index contributed by atoms with van der Waals surface area (Å²) in [5, 5.41) is 17.8. The van der Waals surface area contributed by atoms with E-state index in [-0.39, 0.29) is 67.1 Å². The van der Waals surface area contributed by atoms with Gasteiger partial charge in [0, 0.05) is 42.6 Å². The first-order chi connectivity index (χ1) is 28.1. The van der Waals surface area contributed by atoms with E-state index in [1.165, 1.54) is 11.8 Å². The molecule has 1 saturated heterocycles. The van der Waals surface area contributed by atoms with E-state index in [2.05, 4.69) is 21.5 Å². The van der Waals surface area contributed by atoms with Crippen molar-refractivity contribution in [3.05, 3.63) is 45.9 Å². The monoisotopic (exact) mass is 835 g/mol. The van der Waals surface area contributed by atoms with E-state index >= 15 is 0 Å². The van der Waals surface area contributed by atoms with Crippen molar-refractivity contribution in [1.29, 1.82) is 0 Å². The summed E-state index contributed by atoms with van der Waals surface area (Å²) in [7, 11) is 1.90. The van der Waals surface area contributed by atoms with Gasteiger partial charge in [0.2, 0.25) is 11.8 Å². The van der Waals surface area contributed by atoms with Gasteiger partial charge in [-0.25, -0.2) is 4.98 Å². The van der Waals surface area contributed by atoms with Gasteiger partial charge in [0.15, 0.2) is 12.8 Å². The molecule has 14 nitrogen and oxygen atoms in total. The van der Waals surface area contributed by atoms with E-state index in [0.717, 1.165) is 36.3 Å². The maximum Gasteiger partial charge on any atom is 0.307 e. The molecule has 2 heterocycles. The standard InChI is InChI=1S/C44H61N5O9S/c1-9-14-38(53)57-26-49(43(56)39(28(6)10-2)46-41(55)35-15-12-13-20-48(35)8)36(27(4)5)21-37(58-29(7)51)42-45-34(25-59-42)40(54)47-44(22-30(11-3)24-50)23-33(44)31-16-18-32(52)19-17-31/h3,16-19,24-25,27-28,30,33,35-37,39,52H,9-10,12-15,20-23,26H2,1-2,4-8H3,(H,46,55)(H,47,54)/t28-,30-,33?,35+,36+,37+,39?,44?/m0/s1. The number of piperidine rings is 1. The molecule has 0 radical (unpaired) electrons. The number of likely N-dealkylation sites (tertiary alicyclic amines) is 1. The molecule has 1 aromatic heterocycles. The van der Waals surface area contributed by atoms with Crippen LogP contribution in [0.5, 0.6) is 5.75 Å². The lowest BCUT2D eigenvalue weighted by atomic mass is 9.92. The number of benzene rings is 1. The number of phenolic OH excluding ortho intramolecular Hbond substituents is 1. The highest BCUT2D eigenvalue weighted by atomic mass is 32.1. The van der Waals surface area contributed by atoms with Crippen LogP contribution in [0.15, 0.2) is 29.6 Å². The zero-order valence-corrected chi connectivity index (χ0v) is 36.2. The number of amides is 3. The smallest absolute Gasteiger partial charge is 0.307 e. The second kappa shape index (κ2) is 21.4. The fraction of sp³-hybridized carbons (Fsp3) is 0.614. The van der Waals surface area contributed by atoms with E-state index in [4.69, 9.17) is 15.9 Å². The normalized spacial score (nSPS) is 21.5. The summed E-state index contributed by atoms with van der Waals surface area (Å²) in [5.41, 5.74) is 0.100. The molecule has 322 valence electrons. The maximum atomic E-state index is 14.8. The van der Waals surface area contributed by atoms with E-state index in [1.807, 2.05) is 46.6 Å². The Morgan fingerprint density at radius 3 is 2.46 bits per heavy atom. The number of thiazole rings is 1. The Morgan fingerprint density at radius 1 is 1.15 bits per heavy atom.